The molecular weight excluding hydrogens is 901 g/mol. The van der Waals surface area contributed by atoms with E-state index in [2.05, 4.69) is 0 Å². The van der Waals surface area contributed by atoms with E-state index in [1.54, 1.807) is 52.0 Å². The Morgan fingerprint density at radius 3 is 0.929 bits per heavy atom. The SMILES string of the molecule is CCOC(=O)C12C(c3ccc(OC)c(OC)c3OC)C3(C(=O)OCC)C4N(Cc5ccccc5)C1C1(C(=O)OCC)C(c5ccc(OC)c(OC)c5OC)C4(C(=O)OCC)C3N(Cc3ccccc3)C21. The molecule has 4 aromatic rings. The fraction of sp³-hybridized carbons (Fsp3) is 0.481. The van der Waals surface area contributed by atoms with Crippen LogP contribution < -0.4 is 28.4 Å². The lowest BCUT2D eigenvalue weighted by Crippen LogP contribution is -3.09. The zero-order valence-electron chi connectivity index (χ0n) is 41.4. The minimum atomic E-state index is -1.83. The highest BCUT2D eigenvalue weighted by molar-refractivity contribution is 6.03. The summed E-state index contributed by atoms with van der Waals surface area (Å²) in [5.41, 5.74) is -4.92. The van der Waals surface area contributed by atoms with E-state index in [1.807, 2.05) is 70.5 Å². The molecule has 4 heterocycles. The molecule has 16 nitrogen and oxygen atoms in total. The lowest BCUT2D eigenvalue weighted by molar-refractivity contribution is -0.449. The largest absolute Gasteiger partial charge is 0.493 e. The minimum Gasteiger partial charge on any atom is -0.493 e. The van der Waals surface area contributed by atoms with E-state index in [-0.39, 0.29) is 62.5 Å². The number of nitrogens with zero attached hydrogens (tertiary/aromatic N) is 2. The third kappa shape index (κ3) is 5.89. The standard InChI is InChI=1S/C54H62N2O14/c1-11-67-47(57)51-41(33-25-27-35(61-5)39(65-9)37(33)63-7)52(48(58)68-12-2)45-54(50(60)70-14-4)42(34-26-28-36(62-6)40(66-10)38(34)64-8)53(49(59)69-13-3,43(51)55(45)29-31-21-17-15-18-22-31)44(51)56(46(52)54)30-32-23-19-16-20-24-32/h15-28,41-46H,11-14,29-30H2,1-10H3. The van der Waals surface area contributed by atoms with Crippen LogP contribution in [0.1, 0.15) is 61.8 Å². The summed E-state index contributed by atoms with van der Waals surface area (Å²) in [6.07, 6.45) is 0. The molecule has 0 amide bonds. The Labute approximate surface area is 408 Å². The van der Waals surface area contributed by atoms with Crippen LogP contribution in [0.5, 0.6) is 34.5 Å². The number of ether oxygens (including phenoxy) is 10. The van der Waals surface area contributed by atoms with Gasteiger partial charge >= 0.3 is 23.9 Å². The molecule has 70 heavy (non-hydrogen) atoms. The van der Waals surface area contributed by atoms with Crippen LogP contribution in [0.15, 0.2) is 84.9 Å². The summed E-state index contributed by atoms with van der Waals surface area (Å²) in [4.78, 5) is 69.7. The summed E-state index contributed by atoms with van der Waals surface area (Å²) in [5, 5.41) is 0. The molecule has 16 heteroatoms. The van der Waals surface area contributed by atoms with Crippen molar-refractivity contribution in [3.63, 3.8) is 0 Å². The van der Waals surface area contributed by atoms with Crippen LogP contribution in [-0.4, -0.2) is 127 Å². The van der Waals surface area contributed by atoms with Gasteiger partial charge in [0.1, 0.15) is 21.7 Å². The molecule has 8 bridgehead atoms. The van der Waals surface area contributed by atoms with Gasteiger partial charge in [-0.1, -0.05) is 72.8 Å². The van der Waals surface area contributed by atoms with Gasteiger partial charge in [-0.05, 0) is 51.0 Å². The monoisotopic (exact) mass is 962 g/mol. The van der Waals surface area contributed by atoms with Crippen LogP contribution in [0.4, 0.5) is 0 Å². The van der Waals surface area contributed by atoms with E-state index in [9.17, 15) is 0 Å². The fourth-order valence-corrected chi connectivity index (χ4v) is 14.6. The van der Waals surface area contributed by atoms with Crippen LogP contribution in [0.3, 0.4) is 0 Å². The number of piperidine rings is 4. The predicted octanol–water partition coefficient (Wildman–Crippen LogP) is 6.35. The number of hydrogen-bond donors (Lipinski definition) is 0. The average Bonchev–Trinajstić information content (AvgIpc) is 3.35. The second-order valence-corrected chi connectivity index (χ2v) is 18.3. The first-order valence-corrected chi connectivity index (χ1v) is 23.8. The molecule has 4 aromatic carbocycles. The van der Waals surface area contributed by atoms with Gasteiger partial charge in [0.05, 0.1) is 69.1 Å². The van der Waals surface area contributed by atoms with Gasteiger partial charge in [-0.15, -0.1) is 0 Å². The normalized spacial score (nSPS) is 29.7. The highest BCUT2D eigenvalue weighted by Gasteiger charge is 3.06. The van der Waals surface area contributed by atoms with Crippen LogP contribution >= 0.6 is 0 Å². The van der Waals surface area contributed by atoms with E-state index in [0.29, 0.717) is 22.6 Å². The first-order valence-electron chi connectivity index (χ1n) is 23.8. The van der Waals surface area contributed by atoms with E-state index in [4.69, 9.17) is 47.4 Å². The van der Waals surface area contributed by atoms with Gasteiger partial charge in [0.2, 0.25) is 11.5 Å². The number of esters is 4. The van der Waals surface area contributed by atoms with Crippen molar-refractivity contribution in [2.45, 2.75) is 76.8 Å². The molecule has 0 spiro atoms. The molecular formula is C54H62N2O14. The second kappa shape index (κ2) is 18.3. The Hall–Kier alpha value is -6.52. The second-order valence-electron chi connectivity index (χ2n) is 18.3. The summed E-state index contributed by atoms with van der Waals surface area (Å²) in [5.74, 6) is -3.53. The Balaban J connectivity index is 1.55. The van der Waals surface area contributed by atoms with Crippen LogP contribution in [0, 0.1) is 21.7 Å². The van der Waals surface area contributed by atoms with Crippen molar-refractivity contribution in [3.8, 4) is 34.5 Å². The number of hydrogen-bond acceptors (Lipinski definition) is 16. The summed E-state index contributed by atoms with van der Waals surface area (Å²) in [6, 6.07) is 21.5. The molecule has 4 saturated heterocycles. The van der Waals surface area contributed by atoms with E-state index in [0.717, 1.165) is 11.1 Å². The fourth-order valence-electron chi connectivity index (χ4n) is 14.6. The maximum absolute atomic E-state index is 16.4. The Bertz CT molecular complexity index is 2380. The van der Waals surface area contributed by atoms with Crippen molar-refractivity contribution in [1.29, 1.82) is 0 Å². The maximum Gasteiger partial charge on any atom is 0.316 e. The Morgan fingerprint density at radius 1 is 0.400 bits per heavy atom. The topological polar surface area (TPSA) is 167 Å². The van der Waals surface area contributed by atoms with Gasteiger partial charge in [-0.25, -0.2) is 0 Å². The van der Waals surface area contributed by atoms with Crippen molar-refractivity contribution in [2.75, 3.05) is 69.1 Å². The van der Waals surface area contributed by atoms with Crippen LogP contribution in [0.25, 0.3) is 0 Å². The van der Waals surface area contributed by atoms with E-state index < -0.39 is 81.5 Å². The van der Waals surface area contributed by atoms with Crippen molar-refractivity contribution < 1.29 is 66.5 Å². The molecule has 6 aliphatic rings. The number of rotatable bonds is 20. The molecule has 0 aromatic heterocycles. The Kier molecular flexibility index (Phi) is 12.7. The summed E-state index contributed by atoms with van der Waals surface area (Å²) in [7, 11) is 8.93. The quantitative estimate of drug-likeness (QED) is 0.0710. The first kappa shape index (κ1) is 48.5. The predicted molar refractivity (Wildman–Crippen MR) is 253 cm³/mol. The molecule has 0 atom stereocenters. The van der Waals surface area contributed by atoms with Gasteiger partial charge in [0.25, 0.3) is 0 Å². The molecule has 2 saturated carbocycles. The van der Waals surface area contributed by atoms with Crippen LogP contribution in [0.2, 0.25) is 0 Å². The van der Waals surface area contributed by atoms with E-state index in [1.165, 1.54) is 42.7 Å². The number of benzene rings is 4. The van der Waals surface area contributed by atoms with Gasteiger partial charge < -0.3 is 47.4 Å². The molecule has 2 aliphatic carbocycles. The highest BCUT2D eigenvalue weighted by Crippen LogP contribution is 2.93. The summed E-state index contributed by atoms with van der Waals surface area (Å²) < 4.78 is 61.8. The number of carbonyl (C=O) groups is 4. The summed E-state index contributed by atoms with van der Waals surface area (Å²) in [6.45, 7) is 6.91. The van der Waals surface area contributed by atoms with Gasteiger partial charge in [0.15, 0.2) is 23.0 Å². The zero-order valence-corrected chi connectivity index (χ0v) is 41.4. The van der Waals surface area contributed by atoms with Crippen molar-refractivity contribution in [1.82, 2.24) is 9.80 Å². The maximum atomic E-state index is 16.4. The van der Waals surface area contributed by atoms with Gasteiger partial charge in [-0.3, -0.25) is 29.0 Å². The lowest BCUT2D eigenvalue weighted by Gasteiger charge is -2.95. The zero-order chi connectivity index (χ0) is 49.9. The Morgan fingerprint density at radius 2 is 0.686 bits per heavy atom. The third-order valence-electron chi connectivity index (χ3n) is 15.9. The number of methoxy groups -OCH3 is 6. The van der Waals surface area contributed by atoms with Crippen molar-refractivity contribution in [2.24, 2.45) is 21.7 Å². The van der Waals surface area contributed by atoms with Gasteiger partial charge in [-0.2, -0.15) is 0 Å². The molecule has 372 valence electrons. The molecule has 10 rings (SSSR count). The molecule has 0 unspecified atom stereocenters. The van der Waals surface area contributed by atoms with E-state index >= 15 is 19.2 Å². The average molecular weight is 963 g/mol. The van der Waals surface area contributed by atoms with Crippen LogP contribution in [-0.2, 0) is 51.2 Å². The van der Waals surface area contributed by atoms with Crippen molar-refractivity contribution in [3.05, 3.63) is 107 Å². The molecule has 6 fully saturated rings. The molecule has 0 radical (unpaired) electrons. The van der Waals surface area contributed by atoms with Gasteiger partial charge in [0, 0.05) is 60.2 Å². The van der Waals surface area contributed by atoms with Crippen molar-refractivity contribution >= 4 is 23.9 Å². The minimum absolute atomic E-state index is 0.0431. The third-order valence-corrected chi connectivity index (χ3v) is 15.9. The first-order chi connectivity index (χ1) is 34.0. The lowest BCUT2D eigenvalue weighted by atomic mass is 9.15. The molecule has 0 N–H and O–H groups in total. The number of carbonyl (C=O) groups excluding carboxylic acids is 4. The summed E-state index contributed by atoms with van der Waals surface area (Å²) >= 11 is 0. The smallest absolute Gasteiger partial charge is 0.316 e. The highest BCUT2D eigenvalue weighted by atomic mass is 16.6. The molecule has 4 aliphatic heterocycles.